The van der Waals surface area contributed by atoms with E-state index in [-0.39, 0.29) is 0 Å². The summed E-state index contributed by atoms with van der Waals surface area (Å²) in [4.78, 5) is 0. The SMILES string of the molecule is C=CCC(NCC)c1ccc(Cl)c(C)c1. The van der Waals surface area contributed by atoms with Crippen molar-refractivity contribution < 1.29 is 0 Å². The van der Waals surface area contributed by atoms with Crippen molar-refractivity contribution in [2.24, 2.45) is 0 Å². The summed E-state index contributed by atoms with van der Waals surface area (Å²) < 4.78 is 0. The zero-order valence-electron chi connectivity index (χ0n) is 9.39. The van der Waals surface area contributed by atoms with Gasteiger partial charge in [-0.05, 0) is 37.1 Å². The number of aryl methyl sites for hydroxylation is 1. The summed E-state index contributed by atoms with van der Waals surface area (Å²) >= 11 is 6.00. The highest BCUT2D eigenvalue weighted by Crippen LogP contribution is 2.22. The number of nitrogens with one attached hydrogen (secondary N) is 1. The first-order valence-corrected chi connectivity index (χ1v) is 5.67. The highest BCUT2D eigenvalue weighted by atomic mass is 35.5. The average molecular weight is 224 g/mol. The fourth-order valence-electron chi connectivity index (χ4n) is 1.63. The lowest BCUT2D eigenvalue weighted by Crippen LogP contribution is -2.20. The molecule has 1 rings (SSSR count). The molecular weight excluding hydrogens is 206 g/mol. The predicted molar refractivity (Wildman–Crippen MR) is 67.4 cm³/mol. The van der Waals surface area contributed by atoms with Gasteiger partial charge in [-0.1, -0.05) is 36.7 Å². The summed E-state index contributed by atoms with van der Waals surface area (Å²) in [5.41, 5.74) is 2.40. The van der Waals surface area contributed by atoms with Crippen molar-refractivity contribution >= 4 is 11.6 Å². The molecule has 0 heterocycles. The van der Waals surface area contributed by atoms with Gasteiger partial charge in [-0.25, -0.2) is 0 Å². The highest BCUT2D eigenvalue weighted by Gasteiger charge is 2.08. The van der Waals surface area contributed by atoms with Crippen molar-refractivity contribution in [3.63, 3.8) is 0 Å². The van der Waals surface area contributed by atoms with E-state index in [0.717, 1.165) is 23.6 Å². The molecule has 15 heavy (non-hydrogen) atoms. The second-order valence-electron chi connectivity index (χ2n) is 3.64. The summed E-state index contributed by atoms with van der Waals surface area (Å²) in [5.74, 6) is 0. The van der Waals surface area contributed by atoms with Crippen LogP contribution < -0.4 is 5.32 Å². The Kier molecular flexibility index (Phi) is 4.86. The van der Waals surface area contributed by atoms with E-state index in [1.165, 1.54) is 5.56 Å². The van der Waals surface area contributed by atoms with Crippen molar-refractivity contribution in [3.8, 4) is 0 Å². The van der Waals surface area contributed by atoms with E-state index in [1.807, 2.05) is 19.1 Å². The summed E-state index contributed by atoms with van der Waals surface area (Å²) in [7, 11) is 0. The minimum atomic E-state index is 0.350. The molecule has 2 heteroatoms. The third-order valence-electron chi connectivity index (χ3n) is 2.44. The Morgan fingerprint density at radius 2 is 2.27 bits per heavy atom. The predicted octanol–water partition coefficient (Wildman–Crippen LogP) is 3.88. The smallest absolute Gasteiger partial charge is 0.0435 e. The van der Waals surface area contributed by atoms with E-state index in [9.17, 15) is 0 Å². The van der Waals surface area contributed by atoms with Gasteiger partial charge in [0.25, 0.3) is 0 Å². The molecular formula is C13H18ClN. The van der Waals surface area contributed by atoms with Gasteiger partial charge < -0.3 is 5.32 Å². The minimum absolute atomic E-state index is 0.350. The molecule has 0 saturated heterocycles. The molecule has 0 spiro atoms. The molecule has 0 radical (unpaired) electrons. The zero-order chi connectivity index (χ0) is 11.3. The van der Waals surface area contributed by atoms with Gasteiger partial charge in [0, 0.05) is 11.1 Å². The normalized spacial score (nSPS) is 12.5. The lowest BCUT2D eigenvalue weighted by molar-refractivity contribution is 0.559. The quantitative estimate of drug-likeness (QED) is 0.748. The Balaban J connectivity index is 2.89. The van der Waals surface area contributed by atoms with Crippen LogP contribution in [0, 0.1) is 6.92 Å². The molecule has 82 valence electrons. The molecule has 0 aliphatic rings. The van der Waals surface area contributed by atoms with Crippen LogP contribution in [0.25, 0.3) is 0 Å². The maximum atomic E-state index is 6.00. The van der Waals surface area contributed by atoms with Crippen molar-refractivity contribution in [3.05, 3.63) is 47.0 Å². The van der Waals surface area contributed by atoms with Crippen LogP contribution in [-0.4, -0.2) is 6.54 Å². The molecule has 0 aliphatic heterocycles. The van der Waals surface area contributed by atoms with Gasteiger partial charge in [-0.15, -0.1) is 6.58 Å². The van der Waals surface area contributed by atoms with Gasteiger partial charge in [-0.3, -0.25) is 0 Å². The average Bonchev–Trinajstić information content (AvgIpc) is 2.22. The number of halogens is 1. The molecule has 0 amide bonds. The molecule has 0 bridgehead atoms. The van der Waals surface area contributed by atoms with Gasteiger partial charge in [0.1, 0.15) is 0 Å². The molecule has 0 aromatic heterocycles. The van der Waals surface area contributed by atoms with Crippen LogP contribution in [0.4, 0.5) is 0 Å². The summed E-state index contributed by atoms with van der Waals surface area (Å²) in [6.07, 6.45) is 2.88. The largest absolute Gasteiger partial charge is 0.310 e. The molecule has 1 N–H and O–H groups in total. The van der Waals surface area contributed by atoms with E-state index in [1.54, 1.807) is 0 Å². The van der Waals surface area contributed by atoms with E-state index < -0.39 is 0 Å². The van der Waals surface area contributed by atoms with Crippen LogP contribution in [0.2, 0.25) is 5.02 Å². The van der Waals surface area contributed by atoms with Crippen molar-refractivity contribution in [2.75, 3.05) is 6.54 Å². The summed E-state index contributed by atoms with van der Waals surface area (Å²) in [6.45, 7) is 8.88. The van der Waals surface area contributed by atoms with Crippen LogP contribution in [0.5, 0.6) is 0 Å². The van der Waals surface area contributed by atoms with Crippen molar-refractivity contribution in [2.45, 2.75) is 26.3 Å². The van der Waals surface area contributed by atoms with Crippen molar-refractivity contribution in [1.82, 2.24) is 5.32 Å². The lowest BCUT2D eigenvalue weighted by Gasteiger charge is -2.17. The molecule has 0 fully saturated rings. The van der Waals surface area contributed by atoms with Crippen LogP contribution >= 0.6 is 11.6 Å². The van der Waals surface area contributed by atoms with Gasteiger partial charge in [-0.2, -0.15) is 0 Å². The fraction of sp³-hybridized carbons (Fsp3) is 0.385. The van der Waals surface area contributed by atoms with Crippen LogP contribution in [-0.2, 0) is 0 Å². The fourth-order valence-corrected chi connectivity index (χ4v) is 1.75. The third-order valence-corrected chi connectivity index (χ3v) is 2.86. The highest BCUT2D eigenvalue weighted by molar-refractivity contribution is 6.31. The Bertz CT molecular complexity index is 333. The monoisotopic (exact) mass is 223 g/mol. The molecule has 0 aliphatic carbocycles. The number of hydrogen-bond donors (Lipinski definition) is 1. The van der Waals surface area contributed by atoms with E-state index in [2.05, 4.69) is 31.0 Å². The van der Waals surface area contributed by atoms with Crippen LogP contribution in [0.15, 0.2) is 30.9 Å². The second-order valence-corrected chi connectivity index (χ2v) is 4.05. The first-order chi connectivity index (χ1) is 7.19. The first-order valence-electron chi connectivity index (χ1n) is 5.29. The number of rotatable bonds is 5. The maximum Gasteiger partial charge on any atom is 0.0435 e. The van der Waals surface area contributed by atoms with Crippen molar-refractivity contribution in [1.29, 1.82) is 0 Å². The molecule has 1 atom stereocenters. The standard InChI is InChI=1S/C13H18ClN/c1-4-6-13(15-5-2)11-7-8-12(14)10(3)9-11/h4,7-9,13,15H,1,5-6H2,2-3H3. The lowest BCUT2D eigenvalue weighted by atomic mass is 10.0. The second kappa shape index (κ2) is 5.94. The minimum Gasteiger partial charge on any atom is -0.310 e. The molecule has 1 aromatic rings. The van der Waals surface area contributed by atoms with Gasteiger partial charge in [0.2, 0.25) is 0 Å². The topological polar surface area (TPSA) is 12.0 Å². The maximum absolute atomic E-state index is 6.00. The Labute approximate surface area is 97.1 Å². The zero-order valence-corrected chi connectivity index (χ0v) is 10.1. The molecule has 1 nitrogen and oxygen atoms in total. The Hall–Kier alpha value is -0.790. The molecule has 0 saturated carbocycles. The van der Waals surface area contributed by atoms with E-state index in [4.69, 9.17) is 11.6 Å². The van der Waals surface area contributed by atoms with Gasteiger partial charge >= 0.3 is 0 Å². The Morgan fingerprint density at radius 3 is 2.80 bits per heavy atom. The first kappa shape index (κ1) is 12.3. The molecule has 1 aromatic carbocycles. The number of benzene rings is 1. The molecule has 1 unspecified atom stereocenters. The van der Waals surface area contributed by atoms with Crippen LogP contribution in [0.3, 0.4) is 0 Å². The van der Waals surface area contributed by atoms with Crippen LogP contribution in [0.1, 0.15) is 30.5 Å². The van der Waals surface area contributed by atoms with Gasteiger partial charge in [0.05, 0.1) is 0 Å². The van der Waals surface area contributed by atoms with Gasteiger partial charge in [0.15, 0.2) is 0 Å². The van der Waals surface area contributed by atoms with E-state index in [0.29, 0.717) is 6.04 Å². The number of hydrogen-bond acceptors (Lipinski definition) is 1. The third kappa shape index (κ3) is 3.37. The Morgan fingerprint density at radius 1 is 1.53 bits per heavy atom. The summed E-state index contributed by atoms with van der Waals surface area (Å²) in [6, 6.07) is 6.52. The summed E-state index contributed by atoms with van der Waals surface area (Å²) in [5, 5.41) is 4.26. The van der Waals surface area contributed by atoms with E-state index >= 15 is 0 Å².